The molecule has 2 aliphatic carbocycles. The van der Waals surface area contributed by atoms with Crippen LogP contribution in [0, 0.1) is 36.3 Å². The number of rotatable bonds is 35. The molecule has 0 aromatic heterocycles. The lowest BCUT2D eigenvalue weighted by Gasteiger charge is -2.45. The molecule has 0 radical (unpaired) electrons. The zero-order valence-corrected chi connectivity index (χ0v) is 64.8. The molecule has 4 aliphatic rings. The number of aryl methyl sites for hydroxylation is 2. The lowest BCUT2D eigenvalue weighted by atomic mass is 9.90. The highest BCUT2D eigenvalue weighted by atomic mass is 19.4. The van der Waals surface area contributed by atoms with Crippen LogP contribution in [0.3, 0.4) is 0 Å². The number of amides is 11. The van der Waals surface area contributed by atoms with Crippen molar-refractivity contribution in [3.8, 4) is 0 Å². The number of nitrogens with one attached hydrogen (secondary N) is 2. The molecule has 2 saturated heterocycles. The van der Waals surface area contributed by atoms with Gasteiger partial charge in [0.2, 0.25) is 65.0 Å². The van der Waals surface area contributed by atoms with Gasteiger partial charge in [0.05, 0.1) is 19.0 Å². The summed E-state index contributed by atoms with van der Waals surface area (Å²) in [5.74, 6) is -11.6. The van der Waals surface area contributed by atoms with Crippen LogP contribution in [0.2, 0.25) is 0 Å². The van der Waals surface area contributed by atoms with E-state index in [1.807, 2.05) is 58.9 Å². The van der Waals surface area contributed by atoms with Crippen molar-refractivity contribution in [2.75, 3.05) is 75.5 Å². The molecule has 6 rings (SSSR count). The number of hydrogen-bond acceptors (Lipinski definition) is 13. The molecule has 4 N–H and O–H groups in total. The first-order chi connectivity index (χ1) is 49.8. The van der Waals surface area contributed by atoms with E-state index in [9.17, 15) is 69.9 Å². The summed E-state index contributed by atoms with van der Waals surface area (Å²) in [6.45, 7) is 14.7. The number of Topliss-reactive ketones (excluding diaryl/α,β-unsaturated/α-hetero) is 1. The quantitative estimate of drug-likeness (QED) is 0.0598. The number of benzene rings is 2. The van der Waals surface area contributed by atoms with Crippen molar-refractivity contribution < 1.29 is 79.5 Å². The van der Waals surface area contributed by atoms with E-state index in [2.05, 4.69) is 10.6 Å². The summed E-state index contributed by atoms with van der Waals surface area (Å²) >= 11 is 0. The van der Waals surface area contributed by atoms with Crippen molar-refractivity contribution in [3.63, 3.8) is 0 Å². The third kappa shape index (κ3) is 21.0. The predicted molar refractivity (Wildman–Crippen MR) is 388 cm³/mol. The van der Waals surface area contributed by atoms with Crippen molar-refractivity contribution in [2.24, 2.45) is 23.5 Å². The fraction of sp³-hybridized carbons (Fsp3) is 0.688. The van der Waals surface area contributed by atoms with Gasteiger partial charge in [-0.25, -0.2) is 8.78 Å². The van der Waals surface area contributed by atoms with E-state index >= 15 is 9.59 Å². The summed E-state index contributed by atoms with van der Waals surface area (Å²) in [4.78, 5) is 187. The van der Waals surface area contributed by atoms with Crippen LogP contribution in [0.15, 0.2) is 36.4 Å². The number of ketones is 1. The Morgan fingerprint density at radius 3 is 1.81 bits per heavy atom. The van der Waals surface area contributed by atoms with Crippen LogP contribution in [0.5, 0.6) is 0 Å². The average Bonchev–Trinajstić information content (AvgIpc) is 1.08. The second-order valence-electron chi connectivity index (χ2n) is 30.5. The second-order valence-corrected chi connectivity index (χ2v) is 30.5. The molecule has 29 heteroatoms. The molecule has 11 amide bonds. The summed E-state index contributed by atoms with van der Waals surface area (Å²) < 4.78 is 68.6. The first kappa shape index (κ1) is 86.8. The van der Waals surface area contributed by atoms with Crippen LogP contribution in [0.25, 0.3) is 0 Å². The molecule has 4 fully saturated rings. The van der Waals surface area contributed by atoms with Crippen LogP contribution in [0.1, 0.15) is 186 Å². The van der Waals surface area contributed by atoms with Crippen LogP contribution in [-0.2, 0) is 76.6 Å². The fourth-order valence-electron chi connectivity index (χ4n) is 15.2. The van der Waals surface area contributed by atoms with Crippen LogP contribution < -0.4 is 16.4 Å². The predicted octanol–water partition coefficient (Wildman–Crippen LogP) is 6.82. The van der Waals surface area contributed by atoms with Gasteiger partial charge in [-0.2, -0.15) is 13.2 Å². The molecule has 2 saturated carbocycles. The number of nitrogens with two attached hydrogens (primary N) is 1. The Bertz CT molecular complexity index is 3450. The molecule has 0 bridgehead atoms. The first-order valence-electron chi connectivity index (χ1n) is 37.7. The van der Waals surface area contributed by atoms with E-state index in [4.69, 9.17) is 5.73 Å². The molecule has 106 heavy (non-hydrogen) atoms. The molecule has 10 atom stereocenters. The fourth-order valence-corrected chi connectivity index (χ4v) is 15.2. The summed E-state index contributed by atoms with van der Waals surface area (Å²) in [5.41, 5.74) is 4.34. The van der Waals surface area contributed by atoms with E-state index in [0.29, 0.717) is 63.5 Å². The van der Waals surface area contributed by atoms with Crippen molar-refractivity contribution in [1.29, 1.82) is 0 Å². The van der Waals surface area contributed by atoms with E-state index < -0.39 is 167 Å². The Balaban J connectivity index is 1.16. The lowest BCUT2D eigenvalue weighted by Crippen LogP contribution is -2.65. The Morgan fingerprint density at radius 1 is 0.670 bits per heavy atom. The number of alkyl halides is 3. The van der Waals surface area contributed by atoms with Crippen molar-refractivity contribution in [1.82, 2.24) is 54.7 Å². The van der Waals surface area contributed by atoms with Gasteiger partial charge in [0.15, 0.2) is 5.78 Å². The van der Waals surface area contributed by atoms with Crippen molar-refractivity contribution in [2.45, 2.75) is 250 Å². The summed E-state index contributed by atoms with van der Waals surface area (Å²) in [5, 5.41) is 5.89. The molecule has 2 aromatic rings. The third-order valence-corrected chi connectivity index (χ3v) is 22.2. The zero-order chi connectivity index (χ0) is 79.1. The van der Waals surface area contributed by atoms with Crippen LogP contribution in [0.4, 0.5) is 22.0 Å². The number of likely N-dealkylation sites (tertiary alicyclic amines) is 2. The standard InChI is InChI=1S/C77H115F5N12O12/c1-16-19-27-53(95)45-87(11)71(102)61(43-50-31-29-47(6)30-32-50)92(18-3)72(103)58-35-39-94(58)68(99)49(8)88(12)73(104)64(48(7)17-2)84-66(97)59(40-46(4)5)89(13)62(96)44-60(70(101)86(9)10)90(14)74(105)65(52-25-20-21-26-52)91(15)75(106)76(36-22-23-37-76)85-67(98)57-28-24-38-93(57)69(100)56(83)34-33-51-41-54(78)63(55(79)42-51)77(80,81)82/h29-32,41-42,46,48-49,52,56-61,64-65H,16-28,33-40,43-45,83H2,1-15H3,(H,84,97)(H,85,98)/t48-,49-,56?,57-,58?,59-,60-,61-,64+,65-/m0/s1. The largest absolute Gasteiger partial charge is 0.422 e. The van der Waals surface area contributed by atoms with Gasteiger partial charge in [-0.1, -0.05) is 103 Å². The summed E-state index contributed by atoms with van der Waals surface area (Å²) in [6, 6.07) is -2.01. The highest BCUT2D eigenvalue weighted by Crippen LogP contribution is 2.38. The monoisotopic (exact) mass is 1490 g/mol. The summed E-state index contributed by atoms with van der Waals surface area (Å²) in [7, 11) is 10.1. The Morgan fingerprint density at radius 2 is 1.27 bits per heavy atom. The van der Waals surface area contributed by atoms with Gasteiger partial charge < -0.3 is 60.5 Å². The first-order valence-corrected chi connectivity index (χ1v) is 37.7. The van der Waals surface area contributed by atoms with Gasteiger partial charge in [-0.3, -0.25) is 57.5 Å². The maximum Gasteiger partial charge on any atom is 0.422 e. The minimum atomic E-state index is -5.27. The van der Waals surface area contributed by atoms with E-state index in [1.165, 1.54) is 88.4 Å². The second kappa shape index (κ2) is 38.1. The number of halogens is 5. The number of carbonyl (C=O) groups is 12. The molecular weight excluding hydrogens is 1380 g/mol. The van der Waals surface area contributed by atoms with Gasteiger partial charge in [0, 0.05) is 81.8 Å². The van der Waals surface area contributed by atoms with E-state index in [1.54, 1.807) is 20.9 Å². The molecule has 2 unspecified atom stereocenters. The van der Waals surface area contributed by atoms with Gasteiger partial charge in [-0.05, 0) is 132 Å². The Labute approximate surface area is 621 Å². The number of hydrogen-bond donors (Lipinski definition) is 3. The van der Waals surface area contributed by atoms with Gasteiger partial charge in [0.1, 0.15) is 71.1 Å². The van der Waals surface area contributed by atoms with Gasteiger partial charge >= 0.3 is 6.18 Å². The average molecular weight is 1500 g/mol. The minimum Gasteiger partial charge on any atom is -0.347 e. The lowest BCUT2D eigenvalue weighted by molar-refractivity contribution is -0.160. The van der Waals surface area contributed by atoms with Crippen molar-refractivity contribution in [3.05, 3.63) is 70.3 Å². The maximum atomic E-state index is 15.4. The highest BCUT2D eigenvalue weighted by molar-refractivity contribution is 6.01. The summed E-state index contributed by atoms with van der Waals surface area (Å²) in [6.07, 6.45) is 0.751. The number of unbranched alkanes of at least 4 members (excludes halogenated alkanes) is 1. The molecule has 590 valence electrons. The molecule has 0 spiro atoms. The van der Waals surface area contributed by atoms with Gasteiger partial charge in [0.25, 0.3) is 0 Å². The molecule has 2 aliphatic heterocycles. The van der Waals surface area contributed by atoms with Gasteiger partial charge in [-0.15, -0.1) is 0 Å². The minimum absolute atomic E-state index is 0.0873. The maximum absolute atomic E-state index is 15.4. The van der Waals surface area contributed by atoms with E-state index in [-0.39, 0.29) is 94.8 Å². The van der Waals surface area contributed by atoms with Crippen molar-refractivity contribution >= 4 is 70.8 Å². The topological polar surface area (TPSA) is 284 Å². The number of carbonyl (C=O) groups excluding carboxylic acids is 12. The molecule has 24 nitrogen and oxygen atoms in total. The zero-order valence-electron chi connectivity index (χ0n) is 64.8. The SMILES string of the molecule is CCCCC(=O)CN(C)C(=O)[C@H](Cc1ccc(C)cc1)N(CC)C(=O)C1CCN1C(=O)[C@H](C)N(C)C(=O)[C@H](NC(=O)[C@H](CC(C)C)N(C)C(=O)C[C@@H](C(=O)N(C)C)N(C)C(=O)[C@H](C1CCCC1)N(C)C(=O)C1(NC(=O)[C@@H]2CCCN2C(=O)C(N)CCc2cc(F)c(C(F)(F)F)c(F)c2)CCCC1)[C@@H](C)CC. The normalized spacial score (nSPS) is 18.8. The van der Waals surface area contributed by atoms with E-state index in [0.717, 1.165) is 35.3 Å². The highest BCUT2D eigenvalue weighted by Gasteiger charge is 2.52. The Kier molecular flexibility index (Phi) is 31.2. The molecule has 2 heterocycles. The Hall–Kier alpha value is -8.11. The molecule has 2 aromatic carbocycles. The smallest absolute Gasteiger partial charge is 0.347 e. The van der Waals surface area contributed by atoms with Crippen LogP contribution >= 0.6 is 0 Å². The number of nitrogens with zero attached hydrogens (tertiary/aromatic N) is 9. The molecular formula is C77H115F5N12O12. The number of likely N-dealkylation sites (N-methyl/N-ethyl adjacent to an activating group) is 7. The van der Waals surface area contributed by atoms with Crippen LogP contribution in [-0.4, -0.2) is 250 Å². The third-order valence-electron chi connectivity index (χ3n) is 22.2.